The molecule has 1 aliphatic heterocycles. The first-order chi connectivity index (χ1) is 8.75. The van der Waals surface area contributed by atoms with E-state index in [1.165, 1.54) is 18.4 Å². The number of carboxylic acid groups (broad SMARTS) is 1. The summed E-state index contributed by atoms with van der Waals surface area (Å²) in [6.07, 6.45) is 3.44. The molecule has 1 fully saturated rings. The summed E-state index contributed by atoms with van der Waals surface area (Å²) < 4.78 is 0. The van der Waals surface area contributed by atoms with Crippen molar-refractivity contribution in [2.45, 2.75) is 31.6 Å². The standard InChI is InChI=1S/C15H21NO2/c17-15(18)7-4-10-16-11-8-14(9-12-16)13-5-2-1-3-6-13/h1-3,5-6,14H,4,7-12H2,(H,17,18). The van der Waals surface area contributed by atoms with E-state index >= 15 is 0 Å². The topological polar surface area (TPSA) is 40.5 Å². The molecule has 0 aliphatic carbocycles. The summed E-state index contributed by atoms with van der Waals surface area (Å²) in [7, 11) is 0. The Morgan fingerprint density at radius 2 is 1.89 bits per heavy atom. The van der Waals surface area contributed by atoms with Gasteiger partial charge in [-0.15, -0.1) is 0 Å². The predicted molar refractivity (Wildman–Crippen MR) is 71.7 cm³/mol. The van der Waals surface area contributed by atoms with Gasteiger partial charge in [0.2, 0.25) is 0 Å². The van der Waals surface area contributed by atoms with Crippen molar-refractivity contribution >= 4 is 5.97 Å². The highest BCUT2D eigenvalue weighted by molar-refractivity contribution is 5.66. The number of nitrogens with zero attached hydrogens (tertiary/aromatic N) is 1. The molecule has 0 aromatic heterocycles. The highest BCUT2D eigenvalue weighted by atomic mass is 16.4. The first-order valence-electron chi connectivity index (χ1n) is 6.75. The quantitative estimate of drug-likeness (QED) is 0.869. The fourth-order valence-corrected chi connectivity index (χ4v) is 2.67. The van der Waals surface area contributed by atoms with Crippen molar-refractivity contribution in [3.63, 3.8) is 0 Å². The number of likely N-dealkylation sites (tertiary alicyclic amines) is 1. The molecular weight excluding hydrogens is 226 g/mol. The molecule has 18 heavy (non-hydrogen) atoms. The van der Waals surface area contributed by atoms with Gasteiger partial charge in [0.1, 0.15) is 0 Å². The van der Waals surface area contributed by atoms with E-state index in [1.54, 1.807) is 0 Å². The number of carbonyl (C=O) groups is 1. The number of hydrogen-bond donors (Lipinski definition) is 1. The number of carboxylic acids is 1. The summed E-state index contributed by atoms with van der Waals surface area (Å²) in [6.45, 7) is 3.12. The minimum atomic E-state index is -0.686. The van der Waals surface area contributed by atoms with Gasteiger partial charge in [-0.1, -0.05) is 30.3 Å². The Morgan fingerprint density at radius 3 is 2.50 bits per heavy atom. The Kier molecular flexibility index (Phi) is 4.76. The van der Waals surface area contributed by atoms with E-state index in [2.05, 4.69) is 35.2 Å². The number of piperidine rings is 1. The lowest BCUT2D eigenvalue weighted by molar-refractivity contribution is -0.137. The molecule has 98 valence electrons. The molecule has 0 unspecified atom stereocenters. The lowest BCUT2D eigenvalue weighted by Gasteiger charge is -2.32. The first kappa shape index (κ1) is 13.1. The van der Waals surface area contributed by atoms with Crippen LogP contribution in [0.5, 0.6) is 0 Å². The maximum Gasteiger partial charge on any atom is 0.303 e. The van der Waals surface area contributed by atoms with Crippen LogP contribution in [0.25, 0.3) is 0 Å². The largest absolute Gasteiger partial charge is 0.481 e. The smallest absolute Gasteiger partial charge is 0.303 e. The second-order valence-corrected chi connectivity index (χ2v) is 5.02. The Bertz CT molecular complexity index is 369. The van der Waals surface area contributed by atoms with E-state index in [-0.39, 0.29) is 0 Å². The highest BCUT2D eigenvalue weighted by Gasteiger charge is 2.19. The maximum atomic E-state index is 10.5. The van der Waals surface area contributed by atoms with Crippen molar-refractivity contribution in [2.24, 2.45) is 0 Å². The zero-order chi connectivity index (χ0) is 12.8. The molecule has 1 aromatic carbocycles. The van der Waals surface area contributed by atoms with Gasteiger partial charge in [-0.2, -0.15) is 0 Å². The van der Waals surface area contributed by atoms with E-state index in [0.29, 0.717) is 12.3 Å². The normalized spacial score (nSPS) is 17.8. The average Bonchev–Trinajstić information content (AvgIpc) is 2.40. The van der Waals surface area contributed by atoms with Gasteiger partial charge in [0.25, 0.3) is 0 Å². The second kappa shape index (κ2) is 6.55. The summed E-state index contributed by atoms with van der Waals surface area (Å²) >= 11 is 0. The molecule has 0 amide bonds. The molecule has 0 bridgehead atoms. The van der Waals surface area contributed by atoms with Crippen molar-refractivity contribution in [3.8, 4) is 0 Å². The molecule has 3 nitrogen and oxygen atoms in total. The minimum Gasteiger partial charge on any atom is -0.481 e. The van der Waals surface area contributed by atoms with E-state index in [9.17, 15) is 4.79 Å². The van der Waals surface area contributed by atoms with Crippen LogP contribution in [0.3, 0.4) is 0 Å². The summed E-state index contributed by atoms with van der Waals surface area (Å²) in [6, 6.07) is 10.7. The molecule has 1 aromatic rings. The van der Waals surface area contributed by atoms with Crippen LogP contribution >= 0.6 is 0 Å². The SMILES string of the molecule is O=C(O)CCCN1CCC(c2ccccc2)CC1. The summed E-state index contributed by atoms with van der Waals surface area (Å²) in [4.78, 5) is 12.9. The Labute approximate surface area is 108 Å². The summed E-state index contributed by atoms with van der Waals surface area (Å²) in [5.41, 5.74) is 1.45. The van der Waals surface area contributed by atoms with E-state index in [4.69, 9.17) is 5.11 Å². The molecule has 1 aliphatic rings. The molecule has 1 N–H and O–H groups in total. The third-order valence-electron chi connectivity index (χ3n) is 3.72. The van der Waals surface area contributed by atoms with Gasteiger partial charge >= 0.3 is 5.97 Å². The predicted octanol–water partition coefficient (Wildman–Crippen LogP) is 2.73. The van der Waals surface area contributed by atoms with E-state index in [1.807, 2.05) is 0 Å². The molecule has 1 saturated heterocycles. The fourth-order valence-electron chi connectivity index (χ4n) is 2.67. The minimum absolute atomic E-state index is 0.290. The van der Waals surface area contributed by atoms with E-state index < -0.39 is 5.97 Å². The molecule has 3 heteroatoms. The van der Waals surface area contributed by atoms with E-state index in [0.717, 1.165) is 26.1 Å². The van der Waals surface area contributed by atoms with Gasteiger partial charge < -0.3 is 10.0 Å². The lowest BCUT2D eigenvalue weighted by atomic mass is 9.89. The molecular formula is C15H21NO2. The number of benzene rings is 1. The highest BCUT2D eigenvalue weighted by Crippen LogP contribution is 2.27. The van der Waals surface area contributed by atoms with Crippen LogP contribution in [0.1, 0.15) is 37.2 Å². The summed E-state index contributed by atoms with van der Waals surface area (Å²) in [5.74, 6) is -0.00362. The molecule has 0 saturated carbocycles. The monoisotopic (exact) mass is 247 g/mol. The van der Waals surface area contributed by atoms with Crippen LogP contribution in [0.2, 0.25) is 0 Å². The third kappa shape index (κ3) is 3.84. The fraction of sp³-hybridized carbons (Fsp3) is 0.533. The number of aliphatic carboxylic acids is 1. The van der Waals surface area contributed by atoms with Crippen molar-refractivity contribution in [3.05, 3.63) is 35.9 Å². The van der Waals surface area contributed by atoms with Gasteiger partial charge in [0, 0.05) is 6.42 Å². The zero-order valence-electron chi connectivity index (χ0n) is 10.7. The first-order valence-corrected chi connectivity index (χ1v) is 6.75. The number of hydrogen-bond acceptors (Lipinski definition) is 2. The maximum absolute atomic E-state index is 10.5. The van der Waals surface area contributed by atoms with Crippen LogP contribution in [0, 0.1) is 0 Å². The molecule has 2 rings (SSSR count). The van der Waals surface area contributed by atoms with Crippen molar-refractivity contribution in [2.75, 3.05) is 19.6 Å². The van der Waals surface area contributed by atoms with Crippen LogP contribution in [-0.2, 0) is 4.79 Å². The van der Waals surface area contributed by atoms with Crippen molar-refractivity contribution < 1.29 is 9.90 Å². The average molecular weight is 247 g/mol. The van der Waals surface area contributed by atoms with Gasteiger partial charge in [-0.05, 0) is 50.4 Å². The van der Waals surface area contributed by atoms with Crippen LogP contribution in [-0.4, -0.2) is 35.6 Å². The van der Waals surface area contributed by atoms with Crippen LogP contribution < -0.4 is 0 Å². The Morgan fingerprint density at radius 1 is 1.22 bits per heavy atom. The Hall–Kier alpha value is -1.35. The molecule has 0 radical (unpaired) electrons. The van der Waals surface area contributed by atoms with Crippen molar-refractivity contribution in [1.82, 2.24) is 4.90 Å². The Balaban J connectivity index is 1.73. The van der Waals surface area contributed by atoms with Crippen molar-refractivity contribution in [1.29, 1.82) is 0 Å². The van der Waals surface area contributed by atoms with Gasteiger partial charge in [0.15, 0.2) is 0 Å². The second-order valence-electron chi connectivity index (χ2n) is 5.02. The van der Waals surface area contributed by atoms with Crippen LogP contribution in [0.15, 0.2) is 30.3 Å². The van der Waals surface area contributed by atoms with Gasteiger partial charge in [-0.25, -0.2) is 0 Å². The number of rotatable bonds is 5. The summed E-state index contributed by atoms with van der Waals surface area (Å²) in [5, 5.41) is 8.62. The van der Waals surface area contributed by atoms with Gasteiger partial charge in [0.05, 0.1) is 0 Å². The molecule has 0 spiro atoms. The van der Waals surface area contributed by atoms with Gasteiger partial charge in [-0.3, -0.25) is 4.79 Å². The molecule has 0 atom stereocenters. The lowest BCUT2D eigenvalue weighted by Crippen LogP contribution is -2.33. The zero-order valence-corrected chi connectivity index (χ0v) is 10.7. The third-order valence-corrected chi connectivity index (χ3v) is 3.72. The van der Waals surface area contributed by atoms with Crippen LogP contribution in [0.4, 0.5) is 0 Å². The molecule has 1 heterocycles.